The summed E-state index contributed by atoms with van der Waals surface area (Å²) in [5.74, 6) is 0.000952. The molecule has 2 aliphatic rings. The van der Waals surface area contributed by atoms with Gasteiger partial charge in [0.25, 0.3) is 5.91 Å². The molecule has 0 radical (unpaired) electrons. The van der Waals surface area contributed by atoms with Crippen LogP contribution in [-0.2, 0) is 9.53 Å². The Morgan fingerprint density at radius 3 is 2.57 bits per heavy atom. The summed E-state index contributed by atoms with van der Waals surface area (Å²) in [5.41, 5.74) is 0.980. The Kier molecular flexibility index (Phi) is 6.88. The molecule has 7 heteroatoms. The van der Waals surface area contributed by atoms with Gasteiger partial charge in [0.15, 0.2) is 0 Å². The highest BCUT2D eigenvalue weighted by Crippen LogP contribution is 2.25. The number of pyridine rings is 1. The van der Waals surface area contributed by atoms with Crippen molar-refractivity contribution < 1.29 is 14.3 Å². The van der Waals surface area contributed by atoms with E-state index in [2.05, 4.69) is 15.6 Å². The molecule has 2 fully saturated rings. The number of carbonyl (C=O) groups is 2. The van der Waals surface area contributed by atoms with Crippen molar-refractivity contribution in [3.8, 4) is 0 Å². The molecule has 1 aliphatic carbocycles. The maximum atomic E-state index is 12.7. The molecule has 2 amide bonds. The van der Waals surface area contributed by atoms with Crippen LogP contribution in [0.3, 0.4) is 0 Å². The van der Waals surface area contributed by atoms with Crippen LogP contribution >= 0.6 is 0 Å². The lowest BCUT2D eigenvalue weighted by atomic mass is 9.85. The van der Waals surface area contributed by atoms with Crippen molar-refractivity contribution in [2.45, 2.75) is 70.4 Å². The number of aromatic nitrogens is 1. The van der Waals surface area contributed by atoms with Crippen molar-refractivity contribution in [3.63, 3.8) is 0 Å². The molecule has 1 unspecified atom stereocenters. The summed E-state index contributed by atoms with van der Waals surface area (Å²) in [5, 5.41) is 6.09. The highest BCUT2D eigenvalue weighted by molar-refractivity contribution is 5.95. The number of aromatic amines is 1. The third-order valence-corrected chi connectivity index (χ3v) is 5.73. The average molecular weight is 389 g/mol. The standard InChI is InChI=1S/C21H31N3O4/c1-13(2)19-17(9-10-18(25)24-19)21(27)23-15-7-5-14(6-8-15)20(26)22-12-16-4-3-11-28-16/h9-10,13-16H,3-8,11-12H2,1-2H3,(H,22,26)(H,23,27)(H,24,25). The lowest BCUT2D eigenvalue weighted by Gasteiger charge is -2.29. The minimum Gasteiger partial charge on any atom is -0.376 e. The van der Waals surface area contributed by atoms with E-state index < -0.39 is 0 Å². The van der Waals surface area contributed by atoms with Gasteiger partial charge >= 0.3 is 0 Å². The van der Waals surface area contributed by atoms with Crippen molar-refractivity contribution in [1.29, 1.82) is 0 Å². The van der Waals surface area contributed by atoms with Crippen molar-refractivity contribution in [2.75, 3.05) is 13.2 Å². The second kappa shape index (κ2) is 9.37. The lowest BCUT2D eigenvalue weighted by molar-refractivity contribution is -0.126. The molecule has 1 atom stereocenters. The number of nitrogens with one attached hydrogen (secondary N) is 3. The fourth-order valence-electron chi connectivity index (χ4n) is 4.07. The minimum atomic E-state index is -0.199. The molecule has 7 nitrogen and oxygen atoms in total. The van der Waals surface area contributed by atoms with E-state index in [-0.39, 0.29) is 41.4 Å². The fourth-order valence-corrected chi connectivity index (χ4v) is 4.07. The van der Waals surface area contributed by atoms with E-state index in [1.165, 1.54) is 6.07 Å². The van der Waals surface area contributed by atoms with Gasteiger partial charge in [-0.2, -0.15) is 0 Å². The summed E-state index contributed by atoms with van der Waals surface area (Å²) in [6.45, 7) is 5.28. The third-order valence-electron chi connectivity index (χ3n) is 5.73. The van der Waals surface area contributed by atoms with Crippen LogP contribution in [-0.4, -0.2) is 42.1 Å². The van der Waals surface area contributed by atoms with Crippen LogP contribution in [0.5, 0.6) is 0 Å². The summed E-state index contributed by atoms with van der Waals surface area (Å²) in [4.78, 5) is 39.4. The maximum Gasteiger partial charge on any atom is 0.253 e. The summed E-state index contributed by atoms with van der Waals surface area (Å²) in [6, 6.07) is 3.03. The average Bonchev–Trinajstić information content (AvgIpc) is 3.20. The zero-order chi connectivity index (χ0) is 20.1. The normalized spacial score (nSPS) is 24.9. The van der Waals surface area contributed by atoms with Crippen molar-refractivity contribution in [3.05, 3.63) is 33.7 Å². The van der Waals surface area contributed by atoms with Gasteiger partial charge in [0.2, 0.25) is 11.5 Å². The van der Waals surface area contributed by atoms with Gasteiger partial charge in [-0.3, -0.25) is 14.4 Å². The van der Waals surface area contributed by atoms with Crippen molar-refractivity contribution in [1.82, 2.24) is 15.6 Å². The highest BCUT2D eigenvalue weighted by Gasteiger charge is 2.28. The van der Waals surface area contributed by atoms with Gasteiger partial charge in [0, 0.05) is 36.9 Å². The predicted molar refractivity (Wildman–Crippen MR) is 106 cm³/mol. The monoisotopic (exact) mass is 389 g/mol. The lowest BCUT2D eigenvalue weighted by Crippen LogP contribution is -2.42. The first-order valence-corrected chi connectivity index (χ1v) is 10.4. The van der Waals surface area contributed by atoms with Gasteiger partial charge in [-0.25, -0.2) is 0 Å². The van der Waals surface area contributed by atoms with E-state index in [9.17, 15) is 14.4 Å². The second-order valence-electron chi connectivity index (χ2n) is 8.21. The zero-order valence-corrected chi connectivity index (χ0v) is 16.8. The van der Waals surface area contributed by atoms with Crippen LogP contribution in [0.15, 0.2) is 16.9 Å². The summed E-state index contributed by atoms with van der Waals surface area (Å²) < 4.78 is 5.54. The molecule has 2 heterocycles. The molecule has 154 valence electrons. The largest absolute Gasteiger partial charge is 0.376 e. The zero-order valence-electron chi connectivity index (χ0n) is 16.8. The summed E-state index contributed by atoms with van der Waals surface area (Å²) >= 11 is 0. The number of H-pyrrole nitrogens is 1. The molecule has 0 bridgehead atoms. The van der Waals surface area contributed by atoms with Gasteiger partial charge in [-0.1, -0.05) is 13.8 Å². The first-order valence-electron chi connectivity index (χ1n) is 10.4. The van der Waals surface area contributed by atoms with E-state index in [0.29, 0.717) is 17.8 Å². The van der Waals surface area contributed by atoms with Crippen LogP contribution < -0.4 is 16.2 Å². The molecule has 28 heavy (non-hydrogen) atoms. The Morgan fingerprint density at radius 2 is 1.93 bits per heavy atom. The number of carbonyl (C=O) groups excluding carboxylic acids is 2. The molecule has 1 saturated heterocycles. The molecular weight excluding hydrogens is 358 g/mol. The molecule has 1 saturated carbocycles. The van der Waals surface area contributed by atoms with Gasteiger partial charge in [-0.05, 0) is 50.5 Å². The van der Waals surface area contributed by atoms with Crippen LogP contribution in [0.4, 0.5) is 0 Å². The van der Waals surface area contributed by atoms with Gasteiger partial charge < -0.3 is 20.4 Å². The van der Waals surface area contributed by atoms with Crippen LogP contribution in [0, 0.1) is 5.92 Å². The van der Waals surface area contributed by atoms with Crippen LogP contribution in [0.2, 0.25) is 0 Å². The van der Waals surface area contributed by atoms with Crippen molar-refractivity contribution in [2.24, 2.45) is 5.92 Å². The molecule has 1 aromatic rings. The number of hydrogen-bond donors (Lipinski definition) is 3. The Bertz CT molecular complexity index is 744. The quantitative estimate of drug-likeness (QED) is 0.693. The van der Waals surface area contributed by atoms with E-state index in [0.717, 1.165) is 45.1 Å². The predicted octanol–water partition coefficient (Wildman–Crippen LogP) is 2.08. The second-order valence-corrected chi connectivity index (χ2v) is 8.21. The van der Waals surface area contributed by atoms with E-state index in [1.54, 1.807) is 6.07 Å². The fraction of sp³-hybridized carbons (Fsp3) is 0.667. The highest BCUT2D eigenvalue weighted by atomic mass is 16.5. The summed E-state index contributed by atoms with van der Waals surface area (Å²) in [6.07, 6.45) is 5.35. The Labute approximate surface area is 165 Å². The van der Waals surface area contributed by atoms with E-state index >= 15 is 0 Å². The maximum absolute atomic E-state index is 12.7. The van der Waals surface area contributed by atoms with Gasteiger partial charge in [-0.15, -0.1) is 0 Å². The first-order chi connectivity index (χ1) is 13.4. The van der Waals surface area contributed by atoms with Crippen LogP contribution in [0.25, 0.3) is 0 Å². The molecule has 0 spiro atoms. The van der Waals surface area contributed by atoms with Gasteiger partial charge in [0.05, 0.1) is 11.7 Å². The van der Waals surface area contributed by atoms with Gasteiger partial charge in [0.1, 0.15) is 0 Å². The number of hydrogen-bond acceptors (Lipinski definition) is 4. The molecule has 1 aliphatic heterocycles. The third kappa shape index (κ3) is 5.22. The topological polar surface area (TPSA) is 100 Å². The molecule has 3 rings (SSSR count). The number of amides is 2. The van der Waals surface area contributed by atoms with E-state index in [4.69, 9.17) is 4.74 Å². The minimum absolute atomic E-state index is 0.00820. The number of ether oxygens (including phenoxy) is 1. The van der Waals surface area contributed by atoms with Crippen LogP contribution in [0.1, 0.15) is 74.3 Å². The summed E-state index contributed by atoms with van der Waals surface area (Å²) in [7, 11) is 0. The SMILES string of the molecule is CC(C)c1[nH]c(=O)ccc1C(=O)NC1CCC(C(=O)NCC2CCCO2)CC1. The molecule has 0 aromatic carbocycles. The molecule has 1 aromatic heterocycles. The Hall–Kier alpha value is -2.15. The number of rotatable bonds is 6. The first kappa shape index (κ1) is 20.6. The molecular formula is C21H31N3O4. The Balaban J connectivity index is 1.48. The van der Waals surface area contributed by atoms with Crippen molar-refractivity contribution >= 4 is 11.8 Å². The molecule has 3 N–H and O–H groups in total. The Morgan fingerprint density at radius 1 is 1.18 bits per heavy atom. The smallest absolute Gasteiger partial charge is 0.253 e. The van der Waals surface area contributed by atoms with E-state index in [1.807, 2.05) is 13.8 Å².